The first kappa shape index (κ1) is 21.4. The molecule has 2 N–H and O–H groups in total. The zero-order valence-electron chi connectivity index (χ0n) is 15.3. The van der Waals surface area contributed by atoms with E-state index in [9.17, 15) is 8.78 Å². The van der Waals surface area contributed by atoms with E-state index < -0.39 is 11.6 Å². The Bertz CT molecular complexity index is 735. The second kappa shape index (κ2) is 10.4. The summed E-state index contributed by atoms with van der Waals surface area (Å²) in [5.74, 6) is -0.325. The number of nitrogens with one attached hydrogen (secondary N) is 2. The van der Waals surface area contributed by atoms with Gasteiger partial charge < -0.3 is 15.5 Å². The molecular weight excluding hydrogens is 461 g/mol. The number of para-hydroxylation sites is 1. The van der Waals surface area contributed by atoms with Crippen LogP contribution in [0.15, 0.2) is 53.5 Å². The van der Waals surface area contributed by atoms with Crippen LogP contribution < -0.4 is 15.5 Å². The number of benzene rings is 2. The standard InChI is InChI=1S/C20H24F2N4.HI/c1-23-20(24-12-10-15-6-3-2-4-7-15)25-16-11-13-26(14-16)19-17(21)8-5-9-18(19)22;/h2-9,16H,10-14H2,1H3,(H2,23,24,25);1H. The smallest absolute Gasteiger partial charge is 0.191 e. The van der Waals surface area contributed by atoms with Gasteiger partial charge in [-0.25, -0.2) is 8.78 Å². The van der Waals surface area contributed by atoms with Gasteiger partial charge in [-0.3, -0.25) is 4.99 Å². The molecule has 7 heteroatoms. The van der Waals surface area contributed by atoms with Crippen LogP contribution in [0.2, 0.25) is 0 Å². The van der Waals surface area contributed by atoms with Crippen LogP contribution in [0, 0.1) is 11.6 Å². The summed E-state index contributed by atoms with van der Waals surface area (Å²) in [4.78, 5) is 5.99. The number of hydrogen-bond donors (Lipinski definition) is 2. The van der Waals surface area contributed by atoms with Crippen LogP contribution in [0.3, 0.4) is 0 Å². The molecule has 0 spiro atoms. The topological polar surface area (TPSA) is 39.7 Å². The van der Waals surface area contributed by atoms with Crippen LogP contribution in [0.25, 0.3) is 0 Å². The number of rotatable bonds is 5. The van der Waals surface area contributed by atoms with Gasteiger partial charge >= 0.3 is 0 Å². The van der Waals surface area contributed by atoms with E-state index in [0.717, 1.165) is 19.4 Å². The van der Waals surface area contributed by atoms with Gasteiger partial charge in [-0.05, 0) is 30.5 Å². The third-order valence-corrected chi connectivity index (χ3v) is 4.56. The SMILES string of the molecule is CN=C(NCCc1ccccc1)NC1CCN(c2c(F)cccc2F)C1.I. The normalized spacial score (nSPS) is 16.8. The minimum Gasteiger partial charge on any atom is -0.365 e. The molecule has 3 rings (SSSR count). The van der Waals surface area contributed by atoms with Crippen molar-refractivity contribution in [1.82, 2.24) is 10.6 Å². The van der Waals surface area contributed by atoms with Crippen LogP contribution in [-0.4, -0.2) is 38.7 Å². The largest absolute Gasteiger partial charge is 0.365 e. The molecule has 4 nitrogen and oxygen atoms in total. The molecule has 1 aliphatic rings. The first-order valence-electron chi connectivity index (χ1n) is 8.87. The maximum Gasteiger partial charge on any atom is 0.191 e. The first-order valence-corrected chi connectivity index (χ1v) is 8.87. The summed E-state index contributed by atoms with van der Waals surface area (Å²) in [5.41, 5.74) is 1.32. The number of nitrogens with zero attached hydrogens (tertiary/aromatic N) is 2. The summed E-state index contributed by atoms with van der Waals surface area (Å²) < 4.78 is 27.9. The first-order chi connectivity index (χ1) is 12.7. The van der Waals surface area contributed by atoms with Gasteiger partial charge in [0.05, 0.1) is 0 Å². The van der Waals surface area contributed by atoms with Crippen LogP contribution >= 0.6 is 24.0 Å². The molecule has 2 aromatic carbocycles. The number of hydrogen-bond acceptors (Lipinski definition) is 2. The van der Waals surface area contributed by atoms with Crippen molar-refractivity contribution in [2.45, 2.75) is 18.9 Å². The van der Waals surface area contributed by atoms with Crippen molar-refractivity contribution in [3.8, 4) is 0 Å². The van der Waals surface area contributed by atoms with Crippen molar-refractivity contribution in [3.05, 3.63) is 65.7 Å². The third-order valence-electron chi connectivity index (χ3n) is 4.56. The maximum atomic E-state index is 13.9. The Labute approximate surface area is 176 Å². The molecule has 27 heavy (non-hydrogen) atoms. The number of halogens is 3. The molecule has 0 aliphatic carbocycles. The summed E-state index contributed by atoms with van der Waals surface area (Å²) in [6.45, 7) is 1.91. The molecule has 0 amide bonds. The fraction of sp³-hybridized carbons (Fsp3) is 0.350. The van der Waals surface area contributed by atoms with Crippen LogP contribution in [0.1, 0.15) is 12.0 Å². The van der Waals surface area contributed by atoms with Gasteiger partial charge in [0, 0.05) is 32.7 Å². The fourth-order valence-electron chi connectivity index (χ4n) is 3.23. The molecule has 1 aliphatic heterocycles. The lowest BCUT2D eigenvalue weighted by molar-refractivity contribution is 0.576. The van der Waals surface area contributed by atoms with Crippen molar-refractivity contribution < 1.29 is 8.78 Å². The molecule has 146 valence electrons. The predicted octanol–water partition coefficient (Wildman–Crippen LogP) is 3.57. The highest BCUT2D eigenvalue weighted by atomic mass is 127. The Balaban J connectivity index is 0.00000261. The van der Waals surface area contributed by atoms with E-state index in [1.165, 1.54) is 23.8 Å². The number of anilines is 1. The summed E-state index contributed by atoms with van der Waals surface area (Å²) >= 11 is 0. The van der Waals surface area contributed by atoms with E-state index in [1.807, 2.05) is 18.2 Å². The van der Waals surface area contributed by atoms with Crippen LogP contribution in [0.5, 0.6) is 0 Å². The van der Waals surface area contributed by atoms with Crippen LogP contribution in [-0.2, 0) is 6.42 Å². The maximum absolute atomic E-state index is 13.9. The van der Waals surface area contributed by atoms with E-state index in [4.69, 9.17) is 0 Å². The Morgan fingerprint density at radius 3 is 2.48 bits per heavy atom. The van der Waals surface area contributed by atoms with Crippen molar-refractivity contribution in [3.63, 3.8) is 0 Å². The predicted molar refractivity (Wildman–Crippen MR) is 117 cm³/mol. The highest BCUT2D eigenvalue weighted by Gasteiger charge is 2.27. The molecule has 0 saturated carbocycles. The lowest BCUT2D eigenvalue weighted by Crippen LogP contribution is -2.45. The summed E-state index contributed by atoms with van der Waals surface area (Å²) in [7, 11) is 1.72. The highest BCUT2D eigenvalue weighted by Crippen LogP contribution is 2.26. The average molecular weight is 486 g/mol. The molecule has 1 unspecified atom stereocenters. The molecule has 1 heterocycles. The molecule has 1 saturated heterocycles. The van der Waals surface area contributed by atoms with Gasteiger partial charge in [0.15, 0.2) is 5.96 Å². The zero-order chi connectivity index (χ0) is 18.4. The van der Waals surface area contributed by atoms with Crippen molar-refractivity contribution >= 4 is 35.6 Å². The fourth-order valence-corrected chi connectivity index (χ4v) is 3.23. The number of guanidine groups is 1. The van der Waals surface area contributed by atoms with Gasteiger partial charge in [-0.2, -0.15) is 0 Å². The average Bonchev–Trinajstić information content (AvgIpc) is 3.09. The van der Waals surface area contributed by atoms with E-state index in [-0.39, 0.29) is 35.7 Å². The Morgan fingerprint density at radius 2 is 1.81 bits per heavy atom. The quantitative estimate of drug-likeness (QED) is 0.386. The van der Waals surface area contributed by atoms with E-state index >= 15 is 0 Å². The summed E-state index contributed by atoms with van der Waals surface area (Å²) in [5, 5.41) is 6.64. The van der Waals surface area contributed by atoms with Crippen LogP contribution in [0.4, 0.5) is 14.5 Å². The minimum absolute atomic E-state index is 0. The monoisotopic (exact) mass is 486 g/mol. The zero-order valence-corrected chi connectivity index (χ0v) is 17.6. The van der Waals surface area contributed by atoms with E-state index in [1.54, 1.807) is 11.9 Å². The van der Waals surface area contributed by atoms with E-state index in [2.05, 4.69) is 27.8 Å². The lowest BCUT2D eigenvalue weighted by Gasteiger charge is -2.21. The Hall–Kier alpha value is -1.90. The third kappa shape index (κ3) is 5.79. The van der Waals surface area contributed by atoms with Crippen molar-refractivity contribution in [2.75, 3.05) is 31.6 Å². The second-order valence-electron chi connectivity index (χ2n) is 6.38. The molecule has 2 aromatic rings. The second-order valence-corrected chi connectivity index (χ2v) is 6.38. The molecular formula is C20H25F2IN4. The lowest BCUT2D eigenvalue weighted by atomic mass is 10.1. The molecule has 0 radical (unpaired) electrons. The summed E-state index contributed by atoms with van der Waals surface area (Å²) in [6.07, 6.45) is 1.70. The van der Waals surface area contributed by atoms with Gasteiger partial charge in [0.1, 0.15) is 17.3 Å². The van der Waals surface area contributed by atoms with Crippen molar-refractivity contribution in [1.29, 1.82) is 0 Å². The molecule has 0 aromatic heterocycles. The van der Waals surface area contributed by atoms with Gasteiger partial charge in [-0.1, -0.05) is 36.4 Å². The molecule has 1 fully saturated rings. The van der Waals surface area contributed by atoms with Crippen molar-refractivity contribution in [2.24, 2.45) is 4.99 Å². The number of aliphatic imine (C=N–C) groups is 1. The van der Waals surface area contributed by atoms with Gasteiger partial charge in [0.2, 0.25) is 0 Å². The Kier molecular flexibility index (Phi) is 8.27. The van der Waals surface area contributed by atoms with Gasteiger partial charge in [-0.15, -0.1) is 24.0 Å². The van der Waals surface area contributed by atoms with Gasteiger partial charge in [0.25, 0.3) is 0 Å². The molecule has 0 bridgehead atoms. The van der Waals surface area contributed by atoms with E-state index in [0.29, 0.717) is 19.0 Å². The summed E-state index contributed by atoms with van der Waals surface area (Å²) in [6, 6.07) is 14.3. The Morgan fingerprint density at radius 1 is 1.11 bits per heavy atom. The highest BCUT2D eigenvalue weighted by molar-refractivity contribution is 14.0. The minimum atomic E-state index is -0.518. The molecule has 1 atom stereocenters.